The van der Waals surface area contributed by atoms with E-state index in [1.807, 2.05) is 60.5 Å². The molecular formula is C24H28N2O4. The molecule has 2 aromatic rings. The molecule has 0 bridgehead atoms. The van der Waals surface area contributed by atoms with Gasteiger partial charge in [-0.25, -0.2) is 0 Å². The zero-order chi connectivity index (χ0) is 21.1. The summed E-state index contributed by atoms with van der Waals surface area (Å²) in [5.74, 6) is 1.52. The fourth-order valence-electron chi connectivity index (χ4n) is 4.59. The van der Waals surface area contributed by atoms with Gasteiger partial charge in [-0.15, -0.1) is 0 Å². The van der Waals surface area contributed by atoms with E-state index < -0.39 is 5.41 Å². The summed E-state index contributed by atoms with van der Waals surface area (Å²) in [5, 5.41) is 0. The molecule has 158 valence electrons. The van der Waals surface area contributed by atoms with Gasteiger partial charge in [0.1, 0.15) is 11.5 Å². The largest absolute Gasteiger partial charge is 0.457 e. The van der Waals surface area contributed by atoms with Crippen LogP contribution in [-0.4, -0.2) is 61.5 Å². The second-order valence-electron chi connectivity index (χ2n) is 8.26. The number of piperidine rings is 2. The molecule has 0 aromatic heterocycles. The van der Waals surface area contributed by atoms with Crippen molar-refractivity contribution in [3.05, 3.63) is 60.2 Å². The Morgan fingerprint density at radius 1 is 1.03 bits per heavy atom. The fraction of sp³-hybridized carbons (Fsp3) is 0.417. The van der Waals surface area contributed by atoms with Crippen molar-refractivity contribution in [1.29, 1.82) is 0 Å². The van der Waals surface area contributed by atoms with Crippen molar-refractivity contribution in [3.8, 4) is 11.5 Å². The molecule has 0 N–H and O–H groups in total. The van der Waals surface area contributed by atoms with Crippen LogP contribution in [-0.2, 0) is 9.53 Å². The first-order chi connectivity index (χ1) is 14.5. The number of ether oxygens (including phenoxy) is 2. The topological polar surface area (TPSA) is 59.1 Å². The Labute approximate surface area is 177 Å². The molecule has 6 nitrogen and oxygen atoms in total. The first-order valence-corrected chi connectivity index (χ1v) is 10.4. The molecule has 4 rings (SSSR count). The van der Waals surface area contributed by atoms with Crippen LogP contribution in [0.2, 0.25) is 0 Å². The lowest BCUT2D eigenvalue weighted by atomic mass is 9.71. The molecule has 0 aliphatic carbocycles. The summed E-state index contributed by atoms with van der Waals surface area (Å²) in [5.41, 5.74) is 0.184. The van der Waals surface area contributed by atoms with Crippen molar-refractivity contribution in [1.82, 2.24) is 9.80 Å². The van der Waals surface area contributed by atoms with Crippen LogP contribution in [0.5, 0.6) is 11.5 Å². The van der Waals surface area contributed by atoms with Gasteiger partial charge in [0.05, 0.1) is 11.5 Å². The Kier molecular flexibility index (Phi) is 5.77. The van der Waals surface area contributed by atoms with E-state index in [0.29, 0.717) is 43.8 Å². The quantitative estimate of drug-likeness (QED) is 0.776. The van der Waals surface area contributed by atoms with E-state index in [0.717, 1.165) is 12.2 Å². The minimum atomic E-state index is -0.414. The van der Waals surface area contributed by atoms with Gasteiger partial charge in [-0.05, 0) is 49.6 Å². The summed E-state index contributed by atoms with van der Waals surface area (Å²) in [7, 11) is 3.54. The van der Waals surface area contributed by atoms with Gasteiger partial charge in [-0.2, -0.15) is 0 Å². The summed E-state index contributed by atoms with van der Waals surface area (Å²) < 4.78 is 11.4. The molecule has 2 aliphatic heterocycles. The van der Waals surface area contributed by atoms with Gasteiger partial charge in [0.2, 0.25) is 5.91 Å². The van der Waals surface area contributed by atoms with Crippen LogP contribution >= 0.6 is 0 Å². The van der Waals surface area contributed by atoms with Crippen molar-refractivity contribution in [2.45, 2.75) is 25.4 Å². The number of benzene rings is 2. The second kappa shape index (κ2) is 8.48. The smallest absolute Gasteiger partial charge is 0.253 e. The number of carbonyl (C=O) groups is 2. The summed E-state index contributed by atoms with van der Waals surface area (Å²) in [6, 6.07) is 16.8. The highest BCUT2D eigenvalue weighted by Crippen LogP contribution is 2.41. The number of rotatable bonds is 4. The predicted octanol–water partition coefficient (Wildman–Crippen LogP) is 3.58. The highest BCUT2D eigenvalue weighted by molar-refractivity contribution is 5.95. The molecule has 1 spiro atoms. The maximum absolute atomic E-state index is 13.1. The van der Waals surface area contributed by atoms with Crippen LogP contribution in [0.3, 0.4) is 0 Å². The van der Waals surface area contributed by atoms with Gasteiger partial charge >= 0.3 is 0 Å². The minimum Gasteiger partial charge on any atom is -0.457 e. The number of hydrogen-bond acceptors (Lipinski definition) is 4. The van der Waals surface area contributed by atoms with E-state index in [4.69, 9.17) is 9.47 Å². The third-order valence-electron chi connectivity index (χ3n) is 6.30. The van der Waals surface area contributed by atoms with Gasteiger partial charge in [0.15, 0.2) is 0 Å². The van der Waals surface area contributed by atoms with Gasteiger partial charge in [-0.3, -0.25) is 9.59 Å². The zero-order valence-electron chi connectivity index (χ0n) is 17.5. The molecule has 2 saturated heterocycles. The minimum absolute atomic E-state index is 0.0248. The fourth-order valence-corrected chi connectivity index (χ4v) is 4.59. The van der Waals surface area contributed by atoms with Crippen molar-refractivity contribution in [3.63, 3.8) is 0 Å². The number of nitrogens with zero attached hydrogens (tertiary/aromatic N) is 2. The molecule has 2 aromatic carbocycles. The monoisotopic (exact) mass is 408 g/mol. The first-order valence-electron chi connectivity index (χ1n) is 10.4. The Hall–Kier alpha value is -2.86. The van der Waals surface area contributed by atoms with Gasteiger partial charge in [0, 0.05) is 39.4 Å². The standard InChI is InChI=1S/C24H28N2O4/c1-25-17-21(29-2)16-24(23(25)28)11-13-26(14-12-24)22(27)18-7-6-10-20(15-18)30-19-8-4-3-5-9-19/h3-10,15,21H,11-14,16-17H2,1-2H3. The molecule has 2 fully saturated rings. The van der Waals surface area contributed by atoms with Crippen LogP contribution in [0.1, 0.15) is 29.6 Å². The molecule has 6 heteroatoms. The maximum atomic E-state index is 13.1. The lowest BCUT2D eigenvalue weighted by Gasteiger charge is -2.47. The Morgan fingerprint density at radius 2 is 1.73 bits per heavy atom. The molecule has 2 amide bonds. The number of para-hydroxylation sites is 1. The SMILES string of the molecule is COC1CN(C)C(=O)C2(CCN(C(=O)c3cccc(Oc4ccccc4)c3)CC2)C1. The summed E-state index contributed by atoms with van der Waals surface area (Å²) >= 11 is 0. The zero-order valence-corrected chi connectivity index (χ0v) is 17.5. The molecule has 2 aliphatic rings. The molecule has 1 unspecified atom stereocenters. The highest BCUT2D eigenvalue weighted by atomic mass is 16.5. The highest BCUT2D eigenvalue weighted by Gasteiger charge is 2.48. The average Bonchev–Trinajstić information content (AvgIpc) is 2.78. The summed E-state index contributed by atoms with van der Waals surface area (Å²) in [6.07, 6.45) is 2.13. The molecule has 0 radical (unpaired) electrons. The number of hydrogen-bond donors (Lipinski definition) is 0. The summed E-state index contributed by atoms with van der Waals surface area (Å²) in [6.45, 7) is 1.77. The Balaban J connectivity index is 1.43. The van der Waals surface area contributed by atoms with Gasteiger partial charge in [0.25, 0.3) is 5.91 Å². The van der Waals surface area contributed by atoms with Crippen molar-refractivity contribution >= 4 is 11.8 Å². The molecule has 30 heavy (non-hydrogen) atoms. The van der Waals surface area contributed by atoms with E-state index in [9.17, 15) is 9.59 Å². The molecular weight excluding hydrogens is 380 g/mol. The third-order valence-corrected chi connectivity index (χ3v) is 6.30. The van der Waals surface area contributed by atoms with Gasteiger partial charge < -0.3 is 19.3 Å². The second-order valence-corrected chi connectivity index (χ2v) is 8.26. The van der Waals surface area contributed by atoms with E-state index in [1.165, 1.54) is 0 Å². The van der Waals surface area contributed by atoms with E-state index in [1.54, 1.807) is 18.1 Å². The Bertz CT molecular complexity index is 906. The number of carbonyl (C=O) groups excluding carboxylic acids is 2. The predicted molar refractivity (Wildman–Crippen MR) is 114 cm³/mol. The summed E-state index contributed by atoms with van der Waals surface area (Å²) in [4.78, 5) is 29.6. The number of amides is 2. The third kappa shape index (κ3) is 4.05. The lowest BCUT2D eigenvalue weighted by Crippen LogP contribution is -2.57. The molecule has 2 heterocycles. The van der Waals surface area contributed by atoms with E-state index in [2.05, 4.69) is 0 Å². The van der Waals surface area contributed by atoms with E-state index >= 15 is 0 Å². The normalized spacial score (nSPS) is 21.0. The average molecular weight is 408 g/mol. The van der Waals surface area contributed by atoms with Gasteiger partial charge in [-0.1, -0.05) is 24.3 Å². The Morgan fingerprint density at radius 3 is 2.43 bits per heavy atom. The molecule has 0 saturated carbocycles. The maximum Gasteiger partial charge on any atom is 0.253 e. The van der Waals surface area contributed by atoms with Crippen molar-refractivity contribution in [2.24, 2.45) is 5.41 Å². The first kappa shape index (κ1) is 20.4. The number of methoxy groups -OCH3 is 1. The van der Waals surface area contributed by atoms with Crippen LogP contribution in [0.25, 0.3) is 0 Å². The molecule has 1 atom stereocenters. The number of likely N-dealkylation sites (tertiary alicyclic amines) is 2. The van der Waals surface area contributed by atoms with Crippen molar-refractivity contribution < 1.29 is 19.1 Å². The van der Waals surface area contributed by atoms with Crippen LogP contribution in [0.15, 0.2) is 54.6 Å². The van der Waals surface area contributed by atoms with Crippen LogP contribution in [0, 0.1) is 5.41 Å². The van der Waals surface area contributed by atoms with Crippen LogP contribution in [0.4, 0.5) is 0 Å². The lowest BCUT2D eigenvalue weighted by molar-refractivity contribution is -0.155. The van der Waals surface area contributed by atoms with E-state index in [-0.39, 0.29) is 17.9 Å². The number of likely N-dealkylation sites (N-methyl/N-ethyl adjacent to an activating group) is 1. The van der Waals surface area contributed by atoms with Crippen LogP contribution < -0.4 is 4.74 Å². The van der Waals surface area contributed by atoms with Crippen molar-refractivity contribution in [2.75, 3.05) is 33.8 Å².